The quantitative estimate of drug-likeness (QED) is 0.792. The Labute approximate surface area is 102 Å². The van der Waals surface area contributed by atoms with Gasteiger partial charge in [-0.3, -0.25) is 4.79 Å². The molecule has 16 heavy (non-hydrogen) atoms. The molecule has 1 heterocycles. The highest BCUT2D eigenvalue weighted by Crippen LogP contribution is 2.21. The molecule has 0 amide bonds. The monoisotopic (exact) mass is 276 g/mol. The largest absolute Gasteiger partial charge is 0.294 e. The first-order chi connectivity index (χ1) is 7.69. The Morgan fingerprint density at radius 3 is 2.75 bits per heavy atom. The minimum atomic E-state index is 0.218. The zero-order valence-electron chi connectivity index (χ0n) is 8.64. The van der Waals surface area contributed by atoms with Gasteiger partial charge >= 0.3 is 0 Å². The van der Waals surface area contributed by atoms with Crippen LogP contribution >= 0.6 is 15.9 Å². The van der Waals surface area contributed by atoms with Gasteiger partial charge in [0, 0.05) is 15.7 Å². The summed E-state index contributed by atoms with van der Waals surface area (Å²) >= 11 is 3.40. The number of hydrogen-bond donors (Lipinski definition) is 0. The molecule has 0 saturated heterocycles. The summed E-state index contributed by atoms with van der Waals surface area (Å²) in [5.74, 6) is 0.218. The van der Waals surface area contributed by atoms with Gasteiger partial charge in [0.1, 0.15) is 0 Å². The van der Waals surface area contributed by atoms with Crippen LogP contribution in [0.4, 0.5) is 0 Å². The smallest absolute Gasteiger partial charge is 0.193 e. The Bertz CT molecular complexity index is 540. The summed E-state index contributed by atoms with van der Waals surface area (Å²) < 4.78 is 0.980. The van der Waals surface area contributed by atoms with Crippen LogP contribution in [0.3, 0.4) is 0 Å². The van der Waals surface area contributed by atoms with Gasteiger partial charge in [0.05, 0.1) is 5.69 Å². The van der Waals surface area contributed by atoms with E-state index in [-0.39, 0.29) is 5.82 Å². The SMILES string of the molecule is Cc1cc(-c2cccc(Br)c2)nc(C=O)n1. The summed E-state index contributed by atoms with van der Waals surface area (Å²) in [5.41, 5.74) is 2.51. The Balaban J connectivity index is 2.55. The molecule has 0 N–H and O–H groups in total. The van der Waals surface area contributed by atoms with E-state index in [1.807, 2.05) is 37.3 Å². The van der Waals surface area contributed by atoms with Crippen LogP contribution in [0.5, 0.6) is 0 Å². The number of aryl methyl sites for hydroxylation is 1. The second-order valence-corrected chi connectivity index (χ2v) is 4.30. The summed E-state index contributed by atoms with van der Waals surface area (Å²) in [6.07, 6.45) is 0.661. The molecular formula is C12H9BrN2O. The standard InChI is InChI=1S/C12H9BrN2O/c1-8-5-11(15-12(7-16)14-8)9-3-2-4-10(13)6-9/h2-7H,1H3. The van der Waals surface area contributed by atoms with Crippen molar-refractivity contribution in [1.82, 2.24) is 9.97 Å². The molecule has 80 valence electrons. The lowest BCUT2D eigenvalue weighted by Crippen LogP contribution is -1.97. The van der Waals surface area contributed by atoms with E-state index in [2.05, 4.69) is 25.9 Å². The Morgan fingerprint density at radius 1 is 1.25 bits per heavy atom. The van der Waals surface area contributed by atoms with Crippen molar-refractivity contribution < 1.29 is 4.79 Å². The predicted molar refractivity (Wildman–Crippen MR) is 65.3 cm³/mol. The molecule has 0 radical (unpaired) electrons. The number of aldehydes is 1. The van der Waals surface area contributed by atoms with Crippen molar-refractivity contribution in [3.8, 4) is 11.3 Å². The number of halogens is 1. The molecule has 0 spiro atoms. The van der Waals surface area contributed by atoms with E-state index < -0.39 is 0 Å². The third-order valence-electron chi connectivity index (χ3n) is 2.10. The number of aromatic nitrogens is 2. The zero-order valence-corrected chi connectivity index (χ0v) is 10.2. The third kappa shape index (κ3) is 2.33. The van der Waals surface area contributed by atoms with Crippen LogP contribution in [-0.4, -0.2) is 16.3 Å². The summed E-state index contributed by atoms with van der Waals surface area (Å²) in [4.78, 5) is 18.8. The van der Waals surface area contributed by atoms with E-state index >= 15 is 0 Å². The molecular weight excluding hydrogens is 268 g/mol. The van der Waals surface area contributed by atoms with Crippen LogP contribution < -0.4 is 0 Å². The summed E-state index contributed by atoms with van der Waals surface area (Å²) in [6, 6.07) is 9.63. The number of carbonyl (C=O) groups is 1. The van der Waals surface area contributed by atoms with Gasteiger partial charge in [-0.1, -0.05) is 28.1 Å². The summed E-state index contributed by atoms with van der Waals surface area (Å²) in [6.45, 7) is 1.84. The molecule has 0 fully saturated rings. The number of nitrogens with zero attached hydrogens (tertiary/aromatic N) is 2. The zero-order chi connectivity index (χ0) is 11.5. The Morgan fingerprint density at radius 2 is 2.06 bits per heavy atom. The van der Waals surface area contributed by atoms with Gasteiger partial charge in [0.25, 0.3) is 0 Å². The first-order valence-electron chi connectivity index (χ1n) is 4.76. The fourth-order valence-electron chi connectivity index (χ4n) is 1.44. The average molecular weight is 277 g/mol. The van der Waals surface area contributed by atoms with E-state index in [9.17, 15) is 4.79 Å². The molecule has 2 aromatic rings. The van der Waals surface area contributed by atoms with Gasteiger partial charge in [0.2, 0.25) is 0 Å². The van der Waals surface area contributed by atoms with E-state index in [0.717, 1.165) is 21.4 Å². The third-order valence-corrected chi connectivity index (χ3v) is 2.59. The van der Waals surface area contributed by atoms with Gasteiger partial charge in [-0.25, -0.2) is 9.97 Å². The van der Waals surface area contributed by atoms with Gasteiger partial charge in [-0.05, 0) is 25.1 Å². The number of rotatable bonds is 2. The maximum atomic E-state index is 10.7. The Hall–Kier alpha value is -1.55. The van der Waals surface area contributed by atoms with Gasteiger partial charge in [-0.15, -0.1) is 0 Å². The fraction of sp³-hybridized carbons (Fsp3) is 0.0833. The van der Waals surface area contributed by atoms with Crippen molar-refractivity contribution in [2.24, 2.45) is 0 Å². The minimum Gasteiger partial charge on any atom is -0.294 e. The second-order valence-electron chi connectivity index (χ2n) is 3.38. The molecule has 0 bridgehead atoms. The molecule has 3 nitrogen and oxygen atoms in total. The average Bonchev–Trinajstić information content (AvgIpc) is 2.28. The summed E-state index contributed by atoms with van der Waals surface area (Å²) in [7, 11) is 0. The molecule has 1 aromatic heterocycles. The maximum Gasteiger partial charge on any atom is 0.193 e. The van der Waals surface area contributed by atoms with Crippen LogP contribution in [0.15, 0.2) is 34.8 Å². The molecule has 0 aliphatic rings. The lowest BCUT2D eigenvalue weighted by atomic mass is 10.1. The maximum absolute atomic E-state index is 10.7. The number of benzene rings is 1. The minimum absolute atomic E-state index is 0.218. The van der Waals surface area contributed by atoms with Gasteiger partial charge in [0.15, 0.2) is 12.1 Å². The fourth-order valence-corrected chi connectivity index (χ4v) is 1.84. The highest BCUT2D eigenvalue weighted by atomic mass is 79.9. The highest BCUT2D eigenvalue weighted by molar-refractivity contribution is 9.10. The van der Waals surface area contributed by atoms with Crippen LogP contribution in [-0.2, 0) is 0 Å². The second kappa shape index (κ2) is 4.53. The predicted octanol–water partition coefficient (Wildman–Crippen LogP) is 3.03. The molecule has 1 aromatic carbocycles. The van der Waals surface area contributed by atoms with Gasteiger partial charge in [-0.2, -0.15) is 0 Å². The van der Waals surface area contributed by atoms with Crippen molar-refractivity contribution in [2.45, 2.75) is 6.92 Å². The number of carbonyl (C=O) groups excluding carboxylic acids is 1. The highest BCUT2D eigenvalue weighted by Gasteiger charge is 2.04. The van der Waals surface area contributed by atoms with Crippen molar-refractivity contribution >= 4 is 22.2 Å². The van der Waals surface area contributed by atoms with Crippen molar-refractivity contribution in [3.05, 3.63) is 46.3 Å². The lowest BCUT2D eigenvalue weighted by molar-refractivity contribution is 0.111. The normalized spacial score (nSPS) is 10.1. The first-order valence-corrected chi connectivity index (χ1v) is 5.55. The molecule has 0 saturated carbocycles. The molecule has 0 atom stereocenters. The summed E-state index contributed by atoms with van der Waals surface area (Å²) in [5, 5.41) is 0. The molecule has 0 aliphatic heterocycles. The van der Waals surface area contributed by atoms with Crippen molar-refractivity contribution in [3.63, 3.8) is 0 Å². The van der Waals surface area contributed by atoms with Crippen LogP contribution in [0.25, 0.3) is 11.3 Å². The lowest BCUT2D eigenvalue weighted by Gasteiger charge is -2.03. The van der Waals surface area contributed by atoms with E-state index in [1.54, 1.807) is 0 Å². The first kappa shape index (κ1) is 11.0. The molecule has 0 aliphatic carbocycles. The van der Waals surface area contributed by atoms with Crippen LogP contribution in [0.1, 0.15) is 16.3 Å². The van der Waals surface area contributed by atoms with E-state index in [0.29, 0.717) is 6.29 Å². The van der Waals surface area contributed by atoms with Crippen LogP contribution in [0, 0.1) is 6.92 Å². The Kier molecular flexibility index (Phi) is 3.10. The molecule has 4 heteroatoms. The molecule has 0 unspecified atom stereocenters. The van der Waals surface area contributed by atoms with Crippen molar-refractivity contribution in [1.29, 1.82) is 0 Å². The molecule has 2 rings (SSSR count). The van der Waals surface area contributed by atoms with Crippen molar-refractivity contribution in [2.75, 3.05) is 0 Å². The van der Waals surface area contributed by atoms with E-state index in [1.165, 1.54) is 0 Å². The topological polar surface area (TPSA) is 42.9 Å². The van der Waals surface area contributed by atoms with E-state index in [4.69, 9.17) is 0 Å². The van der Waals surface area contributed by atoms with Gasteiger partial charge < -0.3 is 0 Å². The number of hydrogen-bond acceptors (Lipinski definition) is 3. The van der Waals surface area contributed by atoms with Crippen LogP contribution in [0.2, 0.25) is 0 Å².